The lowest BCUT2D eigenvalue weighted by Crippen LogP contribution is -2.33. The van der Waals surface area contributed by atoms with Crippen molar-refractivity contribution in [2.75, 3.05) is 12.8 Å². The second-order valence-corrected chi connectivity index (χ2v) is 6.69. The molecule has 0 saturated heterocycles. The summed E-state index contributed by atoms with van der Waals surface area (Å²) >= 11 is 0. The molecule has 0 amide bonds. The molecule has 0 bridgehead atoms. The van der Waals surface area contributed by atoms with Gasteiger partial charge in [-0.25, -0.2) is 13.2 Å². The van der Waals surface area contributed by atoms with Crippen molar-refractivity contribution in [3.8, 4) is 0 Å². The summed E-state index contributed by atoms with van der Waals surface area (Å²) in [5.74, 6) is -0.298. The topological polar surface area (TPSA) is 101 Å². The van der Waals surface area contributed by atoms with E-state index in [1.807, 2.05) is 0 Å². The summed E-state index contributed by atoms with van der Waals surface area (Å²) in [6.45, 7) is 1.77. The van der Waals surface area contributed by atoms with E-state index >= 15 is 0 Å². The minimum Gasteiger partial charge on any atom is -0.211 e. The predicted octanol–water partition coefficient (Wildman–Crippen LogP) is -0.371. The standard InChI is InChI=1S/C6H12N2O5S2/c1-3-4-5-14(10,11)8(2)15(12,13)7-6-9/h3-5H2,1-2H3. The molecule has 0 N–H and O–H groups in total. The lowest BCUT2D eigenvalue weighted by atomic mass is 10.4. The number of carbonyl (C=O) groups excluding carboxylic acids is 1. The van der Waals surface area contributed by atoms with Gasteiger partial charge in [-0.1, -0.05) is 21.5 Å². The molecule has 0 atom stereocenters. The van der Waals surface area contributed by atoms with Crippen molar-refractivity contribution in [2.24, 2.45) is 4.40 Å². The van der Waals surface area contributed by atoms with Crippen LogP contribution in [0, 0.1) is 0 Å². The third-order valence-corrected chi connectivity index (χ3v) is 5.41. The zero-order chi connectivity index (χ0) is 12.1. The molecule has 0 fully saturated rings. The molecule has 0 heterocycles. The van der Waals surface area contributed by atoms with Gasteiger partial charge in [0, 0.05) is 7.05 Å². The third kappa shape index (κ3) is 4.08. The molecule has 7 nitrogen and oxygen atoms in total. The fourth-order valence-electron chi connectivity index (χ4n) is 0.703. The Morgan fingerprint density at radius 1 is 1.27 bits per heavy atom. The van der Waals surface area contributed by atoms with Gasteiger partial charge in [-0.3, -0.25) is 0 Å². The molecule has 0 radical (unpaired) electrons. The first-order chi connectivity index (χ1) is 6.78. The Balaban J connectivity index is 5.01. The van der Waals surface area contributed by atoms with Crippen LogP contribution < -0.4 is 0 Å². The zero-order valence-electron chi connectivity index (χ0n) is 8.37. The summed E-state index contributed by atoms with van der Waals surface area (Å²) < 4.78 is 47.4. The SMILES string of the molecule is CCCCS(=O)(=O)N(C)S(=O)(=O)N=C=O. The van der Waals surface area contributed by atoms with Gasteiger partial charge in [-0.05, 0) is 6.42 Å². The number of isocyanates is 1. The van der Waals surface area contributed by atoms with Crippen LogP contribution in [-0.2, 0) is 25.0 Å². The first kappa shape index (κ1) is 14.2. The summed E-state index contributed by atoms with van der Waals surface area (Å²) in [4.78, 5) is 9.77. The monoisotopic (exact) mass is 256 g/mol. The van der Waals surface area contributed by atoms with Crippen LogP contribution >= 0.6 is 0 Å². The van der Waals surface area contributed by atoms with Crippen LogP contribution in [0.4, 0.5) is 0 Å². The fourth-order valence-corrected chi connectivity index (χ4v) is 3.29. The lowest BCUT2D eigenvalue weighted by molar-refractivity contribution is 0.524. The van der Waals surface area contributed by atoms with Crippen LogP contribution in [0.25, 0.3) is 0 Å². The van der Waals surface area contributed by atoms with Crippen molar-refractivity contribution < 1.29 is 21.6 Å². The van der Waals surface area contributed by atoms with Crippen LogP contribution in [0.5, 0.6) is 0 Å². The molecule has 9 heteroatoms. The van der Waals surface area contributed by atoms with Crippen LogP contribution in [0.15, 0.2) is 4.40 Å². The van der Waals surface area contributed by atoms with Gasteiger partial charge < -0.3 is 0 Å². The third-order valence-electron chi connectivity index (χ3n) is 1.63. The zero-order valence-corrected chi connectivity index (χ0v) is 10.0. The van der Waals surface area contributed by atoms with E-state index in [0.717, 1.165) is 13.1 Å². The molecule has 88 valence electrons. The van der Waals surface area contributed by atoms with E-state index in [2.05, 4.69) is 4.40 Å². The number of nitrogens with zero attached hydrogens (tertiary/aromatic N) is 2. The molecular weight excluding hydrogens is 244 g/mol. The van der Waals surface area contributed by atoms with E-state index in [1.165, 1.54) is 0 Å². The van der Waals surface area contributed by atoms with E-state index in [-0.39, 0.29) is 9.46 Å². The number of unbranched alkanes of at least 4 members (excludes halogenated alkanes) is 1. The minimum absolute atomic E-state index is 0.0839. The fraction of sp³-hybridized carbons (Fsp3) is 0.833. The quantitative estimate of drug-likeness (QED) is 0.476. The molecule has 0 aromatic heterocycles. The summed E-state index contributed by atoms with van der Waals surface area (Å²) in [6, 6.07) is 0. The van der Waals surface area contributed by atoms with Crippen molar-refractivity contribution in [2.45, 2.75) is 19.8 Å². The van der Waals surface area contributed by atoms with Crippen LogP contribution in [0.3, 0.4) is 0 Å². The van der Waals surface area contributed by atoms with Gasteiger partial charge in [0.25, 0.3) is 6.08 Å². The maximum absolute atomic E-state index is 11.4. The minimum atomic E-state index is -4.45. The number of hydrogen-bond acceptors (Lipinski definition) is 5. The Kier molecular flexibility index (Phi) is 5.09. The number of sulfonamides is 1. The van der Waals surface area contributed by atoms with Crippen molar-refractivity contribution in [1.82, 2.24) is 3.71 Å². The Bertz CT molecular complexity index is 446. The van der Waals surface area contributed by atoms with Gasteiger partial charge in [-0.15, -0.1) is 0 Å². The van der Waals surface area contributed by atoms with Gasteiger partial charge in [0.2, 0.25) is 10.0 Å². The Morgan fingerprint density at radius 2 is 1.80 bits per heavy atom. The first-order valence-corrected chi connectivity index (χ1v) is 7.09. The first-order valence-electron chi connectivity index (χ1n) is 4.09. The second-order valence-electron chi connectivity index (χ2n) is 2.71. The van der Waals surface area contributed by atoms with Crippen molar-refractivity contribution in [1.29, 1.82) is 0 Å². The lowest BCUT2D eigenvalue weighted by Gasteiger charge is -2.12. The van der Waals surface area contributed by atoms with Gasteiger partial charge in [0.05, 0.1) is 5.75 Å². The summed E-state index contributed by atoms with van der Waals surface area (Å²) in [7, 11) is -7.55. The highest BCUT2D eigenvalue weighted by Crippen LogP contribution is 2.09. The number of hydrogen-bond donors (Lipinski definition) is 0. The van der Waals surface area contributed by atoms with Crippen LogP contribution in [-0.4, -0.2) is 39.4 Å². The van der Waals surface area contributed by atoms with Crippen LogP contribution in [0.2, 0.25) is 0 Å². The molecule has 0 rings (SSSR count). The van der Waals surface area contributed by atoms with E-state index < -0.39 is 20.2 Å². The maximum atomic E-state index is 11.4. The number of rotatable bonds is 6. The van der Waals surface area contributed by atoms with Gasteiger partial charge in [0.15, 0.2) is 0 Å². The van der Waals surface area contributed by atoms with E-state index in [9.17, 15) is 21.6 Å². The predicted molar refractivity (Wildman–Crippen MR) is 53.5 cm³/mol. The van der Waals surface area contributed by atoms with Gasteiger partial charge >= 0.3 is 10.2 Å². The van der Waals surface area contributed by atoms with Crippen molar-refractivity contribution >= 4 is 26.3 Å². The van der Waals surface area contributed by atoms with E-state index in [4.69, 9.17) is 0 Å². The summed E-state index contributed by atoms with van der Waals surface area (Å²) in [5, 5.41) is 0. The smallest absolute Gasteiger partial charge is 0.211 e. The molecule has 0 aromatic rings. The maximum Gasteiger partial charge on any atom is 0.345 e. The molecule has 0 aliphatic rings. The molecular formula is C6H12N2O5S2. The molecule has 0 saturated carbocycles. The Labute approximate surface area is 89.0 Å². The normalized spacial score (nSPS) is 12.5. The Morgan fingerprint density at radius 3 is 2.20 bits per heavy atom. The van der Waals surface area contributed by atoms with E-state index in [1.54, 1.807) is 6.92 Å². The van der Waals surface area contributed by atoms with Gasteiger partial charge in [-0.2, -0.15) is 8.42 Å². The molecule has 0 aliphatic heterocycles. The summed E-state index contributed by atoms with van der Waals surface area (Å²) in [6.07, 6.45) is 1.75. The average molecular weight is 256 g/mol. The Hall–Kier alpha value is -0.760. The second kappa shape index (κ2) is 5.36. The molecule has 0 aliphatic carbocycles. The highest BCUT2D eigenvalue weighted by Gasteiger charge is 2.29. The molecule has 0 aromatic carbocycles. The van der Waals surface area contributed by atoms with Crippen molar-refractivity contribution in [3.05, 3.63) is 0 Å². The molecule has 0 unspecified atom stereocenters. The highest BCUT2D eigenvalue weighted by molar-refractivity contribution is 8.03. The van der Waals surface area contributed by atoms with E-state index in [0.29, 0.717) is 12.8 Å². The highest BCUT2D eigenvalue weighted by atomic mass is 32.3. The molecule has 0 spiro atoms. The van der Waals surface area contributed by atoms with Crippen molar-refractivity contribution in [3.63, 3.8) is 0 Å². The summed E-state index contributed by atoms with van der Waals surface area (Å²) in [5.41, 5.74) is 0. The van der Waals surface area contributed by atoms with Crippen LogP contribution in [0.1, 0.15) is 19.8 Å². The largest absolute Gasteiger partial charge is 0.345 e. The average Bonchev–Trinajstić information content (AvgIpc) is 2.13. The molecule has 15 heavy (non-hydrogen) atoms. The van der Waals surface area contributed by atoms with Gasteiger partial charge in [0.1, 0.15) is 0 Å².